The third-order valence-corrected chi connectivity index (χ3v) is 6.51. The predicted molar refractivity (Wildman–Crippen MR) is 97.8 cm³/mol. The highest BCUT2D eigenvalue weighted by Crippen LogP contribution is 2.18. The standard InChI is InChI=1S/C16H20N4O4S2/c1-11-4-2-3-5-13(11)24-8-14-18-16(20-19-14)25-9-15(21)17-12-6-7-26(22,23)10-12/h2-5,12H,6-10H2,1H3,(H,17,21)(H,18,19,20)/t12-/m0/s1. The van der Waals surface area contributed by atoms with Crippen LogP contribution in [-0.2, 0) is 21.2 Å². The van der Waals surface area contributed by atoms with E-state index in [2.05, 4.69) is 20.5 Å². The Balaban J connectivity index is 1.43. The van der Waals surface area contributed by atoms with Gasteiger partial charge in [-0.05, 0) is 25.0 Å². The predicted octanol–water partition coefficient (Wildman–Crippen LogP) is 1.09. The summed E-state index contributed by atoms with van der Waals surface area (Å²) in [6.45, 7) is 2.22. The van der Waals surface area contributed by atoms with Crippen molar-refractivity contribution in [3.05, 3.63) is 35.7 Å². The van der Waals surface area contributed by atoms with Gasteiger partial charge >= 0.3 is 0 Å². The van der Waals surface area contributed by atoms with Crippen molar-refractivity contribution in [2.75, 3.05) is 17.3 Å². The normalized spacial score (nSPS) is 18.6. The molecule has 1 aromatic heterocycles. The van der Waals surface area contributed by atoms with Crippen LogP contribution in [0.3, 0.4) is 0 Å². The highest BCUT2D eigenvalue weighted by atomic mass is 32.2. The molecular formula is C16H20N4O4S2. The van der Waals surface area contributed by atoms with E-state index in [4.69, 9.17) is 4.74 Å². The van der Waals surface area contributed by atoms with Crippen molar-refractivity contribution in [3.63, 3.8) is 0 Å². The lowest BCUT2D eigenvalue weighted by Crippen LogP contribution is -2.36. The van der Waals surface area contributed by atoms with Gasteiger partial charge in [0.25, 0.3) is 0 Å². The van der Waals surface area contributed by atoms with Gasteiger partial charge in [0.15, 0.2) is 15.7 Å². The number of carbonyl (C=O) groups is 1. The molecule has 1 aliphatic heterocycles. The maximum atomic E-state index is 11.9. The Bertz CT molecular complexity index is 882. The van der Waals surface area contributed by atoms with Crippen LogP contribution in [0.4, 0.5) is 0 Å². The van der Waals surface area contributed by atoms with Gasteiger partial charge in [0.1, 0.15) is 12.4 Å². The Kier molecular flexibility index (Phi) is 5.82. The second-order valence-corrected chi connectivity index (χ2v) is 9.25. The van der Waals surface area contributed by atoms with Crippen molar-refractivity contribution < 1.29 is 17.9 Å². The van der Waals surface area contributed by atoms with E-state index in [1.165, 1.54) is 11.8 Å². The summed E-state index contributed by atoms with van der Waals surface area (Å²) in [6, 6.07) is 7.40. The largest absolute Gasteiger partial charge is 0.485 e. The average Bonchev–Trinajstić information content (AvgIpc) is 3.18. The molecule has 26 heavy (non-hydrogen) atoms. The molecule has 1 amide bonds. The number of hydrogen-bond acceptors (Lipinski definition) is 7. The summed E-state index contributed by atoms with van der Waals surface area (Å²) < 4.78 is 28.5. The first-order valence-electron chi connectivity index (χ1n) is 8.13. The lowest BCUT2D eigenvalue weighted by atomic mass is 10.2. The number of nitrogens with one attached hydrogen (secondary N) is 2. The number of ether oxygens (including phenoxy) is 1. The average molecular weight is 396 g/mol. The highest BCUT2D eigenvalue weighted by Gasteiger charge is 2.28. The Morgan fingerprint density at radius 3 is 2.96 bits per heavy atom. The quantitative estimate of drug-likeness (QED) is 0.673. The fourth-order valence-electron chi connectivity index (χ4n) is 2.58. The van der Waals surface area contributed by atoms with Crippen molar-refractivity contribution in [1.82, 2.24) is 20.5 Å². The molecule has 2 heterocycles. The lowest BCUT2D eigenvalue weighted by Gasteiger charge is -2.09. The molecule has 1 fully saturated rings. The molecule has 0 saturated carbocycles. The number of aromatic nitrogens is 3. The van der Waals surface area contributed by atoms with Gasteiger partial charge in [0.2, 0.25) is 11.1 Å². The number of rotatable bonds is 7. The Labute approximate surface area is 156 Å². The van der Waals surface area contributed by atoms with Crippen LogP contribution in [0.15, 0.2) is 29.4 Å². The molecule has 3 rings (SSSR count). The van der Waals surface area contributed by atoms with E-state index in [9.17, 15) is 13.2 Å². The summed E-state index contributed by atoms with van der Waals surface area (Å²) in [5, 5.41) is 10.0. The molecule has 2 aromatic rings. The monoisotopic (exact) mass is 396 g/mol. The van der Waals surface area contributed by atoms with Crippen molar-refractivity contribution in [1.29, 1.82) is 0 Å². The fourth-order valence-corrected chi connectivity index (χ4v) is 4.88. The molecule has 1 saturated heterocycles. The van der Waals surface area contributed by atoms with Crippen LogP contribution in [0.1, 0.15) is 17.8 Å². The van der Waals surface area contributed by atoms with E-state index in [1.54, 1.807) is 0 Å². The van der Waals surface area contributed by atoms with Gasteiger partial charge in [0, 0.05) is 6.04 Å². The second kappa shape index (κ2) is 8.09. The number of carbonyl (C=O) groups excluding carboxylic acids is 1. The smallest absolute Gasteiger partial charge is 0.230 e. The summed E-state index contributed by atoms with van der Waals surface area (Å²) in [6.07, 6.45) is 0.472. The minimum atomic E-state index is -3.00. The molecule has 1 aromatic carbocycles. The van der Waals surface area contributed by atoms with Crippen molar-refractivity contribution in [2.45, 2.75) is 31.1 Å². The number of sulfone groups is 1. The van der Waals surface area contributed by atoms with Crippen molar-refractivity contribution >= 4 is 27.5 Å². The molecule has 8 nitrogen and oxygen atoms in total. The van der Waals surface area contributed by atoms with Crippen LogP contribution >= 0.6 is 11.8 Å². The molecule has 0 aliphatic carbocycles. The third-order valence-electron chi connectivity index (χ3n) is 3.90. The summed E-state index contributed by atoms with van der Waals surface area (Å²) in [4.78, 5) is 16.2. The Hall–Kier alpha value is -2.07. The van der Waals surface area contributed by atoms with E-state index in [0.29, 0.717) is 17.4 Å². The van der Waals surface area contributed by atoms with Gasteiger partial charge in [0.05, 0.1) is 17.3 Å². The molecule has 0 bridgehead atoms. The maximum absolute atomic E-state index is 11.9. The van der Waals surface area contributed by atoms with Gasteiger partial charge in [-0.2, -0.15) is 0 Å². The molecular weight excluding hydrogens is 376 g/mol. The van der Waals surface area contributed by atoms with E-state index in [0.717, 1.165) is 11.3 Å². The molecule has 0 radical (unpaired) electrons. The summed E-state index contributed by atoms with van der Waals surface area (Å²) in [5.41, 5.74) is 1.03. The van der Waals surface area contributed by atoms with Gasteiger partial charge in [-0.3, -0.25) is 9.89 Å². The first kappa shape index (κ1) is 18.7. The summed E-state index contributed by atoms with van der Waals surface area (Å²) in [5.74, 6) is 1.41. The number of benzene rings is 1. The Morgan fingerprint density at radius 2 is 2.23 bits per heavy atom. The zero-order chi connectivity index (χ0) is 18.6. The number of amides is 1. The van der Waals surface area contributed by atoms with Crippen LogP contribution in [0, 0.1) is 6.92 Å². The number of thioether (sulfide) groups is 1. The van der Waals surface area contributed by atoms with Gasteiger partial charge in [-0.1, -0.05) is 30.0 Å². The first-order chi connectivity index (χ1) is 12.4. The van der Waals surface area contributed by atoms with Crippen LogP contribution < -0.4 is 10.1 Å². The van der Waals surface area contributed by atoms with E-state index in [-0.39, 0.29) is 35.8 Å². The Morgan fingerprint density at radius 1 is 1.42 bits per heavy atom. The minimum Gasteiger partial charge on any atom is -0.485 e. The third kappa shape index (κ3) is 5.21. The number of nitrogens with zero attached hydrogens (tertiary/aromatic N) is 2. The van der Waals surface area contributed by atoms with Crippen LogP contribution in [0.25, 0.3) is 0 Å². The number of hydrogen-bond donors (Lipinski definition) is 2. The maximum Gasteiger partial charge on any atom is 0.230 e. The molecule has 140 valence electrons. The molecule has 0 unspecified atom stereocenters. The number of aryl methyl sites for hydroxylation is 1. The summed E-state index contributed by atoms with van der Waals surface area (Å²) >= 11 is 1.19. The number of para-hydroxylation sites is 1. The number of H-pyrrole nitrogens is 1. The second-order valence-electron chi connectivity index (χ2n) is 6.07. The van der Waals surface area contributed by atoms with Crippen molar-refractivity contribution in [3.8, 4) is 5.75 Å². The van der Waals surface area contributed by atoms with Gasteiger partial charge in [-0.25, -0.2) is 13.4 Å². The van der Waals surface area contributed by atoms with Gasteiger partial charge in [-0.15, -0.1) is 5.10 Å². The van der Waals surface area contributed by atoms with Crippen LogP contribution in [0.5, 0.6) is 5.75 Å². The molecule has 0 spiro atoms. The first-order valence-corrected chi connectivity index (χ1v) is 10.9. The van der Waals surface area contributed by atoms with E-state index in [1.807, 2.05) is 31.2 Å². The van der Waals surface area contributed by atoms with Crippen LogP contribution in [-0.4, -0.2) is 52.8 Å². The van der Waals surface area contributed by atoms with Gasteiger partial charge < -0.3 is 10.1 Å². The fraction of sp³-hybridized carbons (Fsp3) is 0.438. The lowest BCUT2D eigenvalue weighted by molar-refractivity contribution is -0.119. The topological polar surface area (TPSA) is 114 Å². The van der Waals surface area contributed by atoms with E-state index >= 15 is 0 Å². The SMILES string of the molecule is Cc1ccccc1OCc1nc(SCC(=O)N[C@H]2CCS(=O)(=O)C2)n[nH]1. The molecule has 1 aliphatic rings. The van der Waals surface area contributed by atoms with Crippen molar-refractivity contribution in [2.24, 2.45) is 0 Å². The highest BCUT2D eigenvalue weighted by molar-refractivity contribution is 7.99. The molecule has 10 heteroatoms. The zero-order valence-corrected chi connectivity index (χ0v) is 15.9. The number of aromatic amines is 1. The molecule has 2 N–H and O–H groups in total. The van der Waals surface area contributed by atoms with Crippen LogP contribution in [0.2, 0.25) is 0 Å². The van der Waals surface area contributed by atoms with E-state index < -0.39 is 9.84 Å². The minimum absolute atomic E-state index is 0.0183. The zero-order valence-electron chi connectivity index (χ0n) is 14.3. The molecule has 1 atom stereocenters. The summed E-state index contributed by atoms with van der Waals surface area (Å²) in [7, 11) is -3.00.